The van der Waals surface area contributed by atoms with Gasteiger partial charge in [0.2, 0.25) is 0 Å². The van der Waals surface area contributed by atoms with Gasteiger partial charge in [0.15, 0.2) is 0 Å². The predicted octanol–water partition coefficient (Wildman–Crippen LogP) is -4.44. The van der Waals surface area contributed by atoms with Crippen LogP contribution in [0.25, 0.3) is 0 Å². The van der Waals surface area contributed by atoms with Gasteiger partial charge < -0.3 is 24.8 Å². The van der Waals surface area contributed by atoms with Gasteiger partial charge in [0.25, 0.3) is 0 Å². The molecule has 0 aromatic heterocycles. The van der Waals surface area contributed by atoms with Crippen LogP contribution in [0.2, 0.25) is 0 Å². The van der Waals surface area contributed by atoms with Gasteiger partial charge in [-0.05, 0) is 0 Å². The Labute approximate surface area is 81.6 Å². The molecule has 0 bridgehead atoms. The number of hydrogen-bond acceptors (Lipinski definition) is 0. The van der Waals surface area contributed by atoms with Crippen molar-refractivity contribution in [3.63, 3.8) is 0 Å². The zero-order chi connectivity index (χ0) is 3.41. The van der Waals surface area contributed by atoms with Crippen molar-refractivity contribution < 1.29 is 24.8 Å². The van der Waals surface area contributed by atoms with E-state index in [4.69, 9.17) is 23.2 Å². The number of rotatable bonds is 0. The van der Waals surface area contributed by atoms with Crippen LogP contribution in [0, 0.1) is 0 Å². The maximum absolute atomic E-state index is 4.87. The summed E-state index contributed by atoms with van der Waals surface area (Å²) in [5.74, 6) is 0. The van der Waals surface area contributed by atoms with E-state index in [1.165, 1.54) is 11.1 Å². The molecule has 0 aliphatic rings. The van der Waals surface area contributed by atoms with E-state index in [2.05, 4.69) is 0 Å². The Hall–Kier alpha value is 1.67. The molecule has 0 radical (unpaired) electrons. The van der Waals surface area contributed by atoms with Crippen molar-refractivity contribution in [3.05, 3.63) is 11.1 Å². The largest absolute Gasteiger partial charge is 2.00 e. The molecule has 40 valence electrons. The Balaban J connectivity index is -0.0000000150. The van der Waals surface area contributed by atoms with E-state index in [9.17, 15) is 0 Å². The summed E-state index contributed by atoms with van der Waals surface area (Å²) in [6.45, 7) is 0. The van der Waals surface area contributed by atoms with Gasteiger partial charge in [0.05, 0.1) is 0 Å². The summed E-state index contributed by atoms with van der Waals surface area (Å²) < 4.78 is 0. The molecule has 0 N–H and O–H groups in total. The molecule has 0 aromatic carbocycles. The van der Waals surface area contributed by atoms with Gasteiger partial charge in [-0.3, -0.25) is 0 Å². The minimum atomic E-state index is 0. The van der Waals surface area contributed by atoms with Crippen molar-refractivity contribution in [1.82, 2.24) is 0 Å². The first-order valence-corrected chi connectivity index (χ1v) is 1.64. The minimum absolute atomic E-state index is 0. The van der Waals surface area contributed by atoms with Crippen molar-refractivity contribution in [3.8, 4) is 0 Å². The third-order valence-electron chi connectivity index (χ3n) is 0.0476. The van der Waals surface area contributed by atoms with E-state index < -0.39 is 0 Å². The van der Waals surface area contributed by atoms with Crippen LogP contribution in [0.3, 0.4) is 0 Å². The molecule has 0 aromatic rings. The quantitative estimate of drug-likeness (QED) is 0.340. The van der Waals surface area contributed by atoms with Crippen molar-refractivity contribution in [2.45, 2.75) is 0 Å². The van der Waals surface area contributed by atoms with Crippen LogP contribution in [-0.2, 0) is 0 Å². The first kappa shape index (κ1) is 23.4. The molecule has 0 saturated carbocycles. The van der Waals surface area contributed by atoms with Crippen molar-refractivity contribution in [1.29, 1.82) is 0 Å². The van der Waals surface area contributed by atoms with Crippen LogP contribution in [0.1, 0.15) is 0 Å². The maximum Gasteiger partial charge on any atom is 2.00 e. The number of hydrogen-bond donors (Lipinski definition) is 0. The molecule has 0 saturated heterocycles. The van der Waals surface area contributed by atoms with Crippen molar-refractivity contribution >= 4 is 46.3 Å². The first-order chi connectivity index (χ1) is 1.91. The van der Waals surface area contributed by atoms with Gasteiger partial charge in [0, 0.05) is 11.1 Å². The second-order valence-electron chi connectivity index (χ2n) is 0.252. The normalized spacial score (nSPS) is 5.43. The van der Waals surface area contributed by atoms with Crippen molar-refractivity contribution in [2.24, 2.45) is 0 Å². The standard InChI is InChI=1S/C2H2Cl2.2ClH.Mg/c3-1-2-4;;;/h1-2H;2*1H;/q;;;+2/p-2. The van der Waals surface area contributed by atoms with Crippen LogP contribution in [0.4, 0.5) is 0 Å². The average molecular weight is 192 g/mol. The molecule has 0 aliphatic heterocycles. The minimum Gasteiger partial charge on any atom is -1.00 e. The van der Waals surface area contributed by atoms with Gasteiger partial charge in [-0.1, -0.05) is 23.2 Å². The molecule has 5 heteroatoms. The predicted molar refractivity (Wildman–Crippen MR) is 26.6 cm³/mol. The molecule has 0 fully saturated rings. The van der Waals surface area contributed by atoms with E-state index in [-0.39, 0.29) is 47.9 Å². The Kier molecular flexibility index (Phi) is 84.7. The fraction of sp³-hybridized carbons (Fsp3) is 0. The fourth-order valence-corrected chi connectivity index (χ4v) is 0. The third-order valence-corrected chi connectivity index (χ3v) is 0.429. The van der Waals surface area contributed by atoms with Gasteiger partial charge >= 0.3 is 23.1 Å². The molecule has 0 rings (SSSR count). The fourth-order valence-electron chi connectivity index (χ4n) is 0. The van der Waals surface area contributed by atoms with Gasteiger partial charge in [-0.25, -0.2) is 0 Å². The molecule has 0 amide bonds. The maximum atomic E-state index is 4.87. The third kappa shape index (κ3) is 34.6. The summed E-state index contributed by atoms with van der Waals surface area (Å²) in [6.07, 6.45) is 0. The SMILES string of the molecule is ClC=CCl.[Cl-].[Cl-].[Mg+2]. The number of halogens is 4. The van der Waals surface area contributed by atoms with E-state index in [0.29, 0.717) is 0 Å². The summed E-state index contributed by atoms with van der Waals surface area (Å²) in [5, 5.41) is 0. The molecule has 0 spiro atoms. The summed E-state index contributed by atoms with van der Waals surface area (Å²) >= 11 is 9.75. The Morgan fingerprint density at radius 3 is 1.00 bits per heavy atom. The summed E-state index contributed by atoms with van der Waals surface area (Å²) in [6, 6.07) is 0. The molecule has 0 heterocycles. The molecule has 0 atom stereocenters. The monoisotopic (exact) mass is 190 g/mol. The smallest absolute Gasteiger partial charge is 1.00 e. The summed E-state index contributed by atoms with van der Waals surface area (Å²) in [7, 11) is 0. The first-order valence-electron chi connectivity index (χ1n) is 0.770. The molecule has 7 heavy (non-hydrogen) atoms. The summed E-state index contributed by atoms with van der Waals surface area (Å²) in [4.78, 5) is 0. The zero-order valence-electron chi connectivity index (χ0n) is 3.37. The van der Waals surface area contributed by atoms with E-state index in [0.717, 1.165) is 0 Å². The molecule has 0 unspecified atom stereocenters. The Bertz CT molecular complexity index is 24.9. The summed E-state index contributed by atoms with van der Waals surface area (Å²) in [5.41, 5.74) is 2.48. The van der Waals surface area contributed by atoms with Crippen LogP contribution >= 0.6 is 23.2 Å². The zero-order valence-corrected chi connectivity index (χ0v) is 7.81. The van der Waals surface area contributed by atoms with Crippen LogP contribution < -0.4 is 24.8 Å². The van der Waals surface area contributed by atoms with Crippen LogP contribution in [0.15, 0.2) is 11.1 Å². The van der Waals surface area contributed by atoms with Gasteiger partial charge in [0.1, 0.15) is 0 Å². The molecular formula is C2H2Cl4Mg. The average Bonchev–Trinajstić information content (AvgIpc) is 1.37. The van der Waals surface area contributed by atoms with Gasteiger partial charge in [-0.15, -0.1) is 0 Å². The molecule has 0 nitrogen and oxygen atoms in total. The van der Waals surface area contributed by atoms with E-state index in [1.54, 1.807) is 0 Å². The molecular weight excluding hydrogens is 190 g/mol. The van der Waals surface area contributed by atoms with Crippen LogP contribution in [-0.4, -0.2) is 23.1 Å². The second-order valence-corrected chi connectivity index (χ2v) is 0.756. The van der Waals surface area contributed by atoms with Gasteiger partial charge in [-0.2, -0.15) is 0 Å². The Morgan fingerprint density at radius 2 is 1.00 bits per heavy atom. The van der Waals surface area contributed by atoms with Crippen LogP contribution in [0.5, 0.6) is 0 Å². The van der Waals surface area contributed by atoms with Crippen molar-refractivity contribution in [2.75, 3.05) is 0 Å². The van der Waals surface area contributed by atoms with E-state index in [1.807, 2.05) is 0 Å². The second kappa shape index (κ2) is 25.3. The Morgan fingerprint density at radius 1 is 0.857 bits per heavy atom. The topological polar surface area (TPSA) is 0 Å². The molecule has 0 aliphatic carbocycles. The van der Waals surface area contributed by atoms with E-state index >= 15 is 0 Å².